The molecule has 1 aliphatic rings. The van der Waals surface area contributed by atoms with Crippen LogP contribution in [0.1, 0.15) is 6.92 Å². The van der Waals surface area contributed by atoms with Crippen molar-refractivity contribution in [1.82, 2.24) is 0 Å². The van der Waals surface area contributed by atoms with Crippen LogP contribution in [0.4, 0.5) is 26.3 Å². The van der Waals surface area contributed by atoms with Crippen LogP contribution in [0.3, 0.4) is 0 Å². The Balaban J connectivity index is 2.48. The predicted molar refractivity (Wildman–Crippen MR) is 71.4 cm³/mol. The molecule has 0 saturated carbocycles. The van der Waals surface area contributed by atoms with Crippen LogP contribution in [-0.2, 0) is 0 Å². The lowest BCUT2D eigenvalue weighted by Crippen LogP contribution is -2.36. The van der Waals surface area contributed by atoms with Crippen molar-refractivity contribution in [2.45, 2.75) is 18.8 Å². The number of hydrogen-bond donors (Lipinski definition) is 0. The van der Waals surface area contributed by atoms with E-state index in [0.717, 1.165) is 19.2 Å². The lowest BCUT2D eigenvalue weighted by molar-refractivity contribution is 0.114. The van der Waals surface area contributed by atoms with Gasteiger partial charge < -0.3 is 4.74 Å². The Morgan fingerprint density at radius 2 is 1.82 bits per heavy atom. The van der Waals surface area contributed by atoms with Gasteiger partial charge in [0.05, 0.1) is 7.11 Å². The van der Waals surface area contributed by atoms with Crippen molar-refractivity contribution in [2.75, 3.05) is 7.11 Å². The molecule has 118 valence electrons. The van der Waals surface area contributed by atoms with Gasteiger partial charge in [-0.25, -0.2) is 26.3 Å². The number of halogens is 6. The number of hydrogen-bond acceptors (Lipinski definition) is 1. The minimum atomic E-state index is -2.86. The third-order valence-corrected chi connectivity index (χ3v) is 3.43. The third kappa shape index (κ3) is 2.74. The average molecular weight is 320 g/mol. The van der Waals surface area contributed by atoms with Crippen LogP contribution in [0.2, 0.25) is 0 Å². The first-order chi connectivity index (χ1) is 10.2. The van der Waals surface area contributed by atoms with Crippen LogP contribution in [0, 0.1) is 11.6 Å². The minimum Gasteiger partial charge on any atom is -0.494 e. The van der Waals surface area contributed by atoms with Crippen LogP contribution >= 0.6 is 0 Å². The predicted octanol–water partition coefficient (Wildman–Crippen LogP) is 3.15. The topological polar surface area (TPSA) is 9.23 Å². The molecular formula is C14H11BF6O. The molecule has 2 rings (SSSR count). The zero-order valence-corrected chi connectivity index (χ0v) is 11.7. The summed E-state index contributed by atoms with van der Waals surface area (Å²) in [5.41, 5.74) is -4.47. The van der Waals surface area contributed by atoms with Gasteiger partial charge in [0.15, 0.2) is 23.4 Å². The van der Waals surface area contributed by atoms with Crippen molar-refractivity contribution < 1.29 is 31.1 Å². The number of allylic oxidation sites excluding steroid dienone is 4. The highest BCUT2D eigenvalue weighted by Crippen LogP contribution is 2.37. The molecule has 0 N–H and O–H groups in total. The van der Waals surface area contributed by atoms with Crippen LogP contribution in [0.25, 0.3) is 0 Å². The van der Waals surface area contributed by atoms with Gasteiger partial charge in [0, 0.05) is 0 Å². The fourth-order valence-electron chi connectivity index (χ4n) is 2.16. The van der Waals surface area contributed by atoms with Crippen LogP contribution in [0.5, 0.6) is 5.75 Å². The lowest BCUT2D eigenvalue weighted by atomic mass is 9.60. The Bertz CT molecular complexity index is 668. The summed E-state index contributed by atoms with van der Waals surface area (Å²) in [4.78, 5) is 0. The maximum absolute atomic E-state index is 14.0. The molecule has 1 aromatic carbocycles. The zero-order valence-electron chi connectivity index (χ0n) is 11.7. The SMILES string of the molecule is COc1ccc(F)c(BC2=C(F)C(F)C(C)(F)C=C2F)c1F. The summed E-state index contributed by atoms with van der Waals surface area (Å²) in [6.07, 6.45) is -2.48. The first-order valence-corrected chi connectivity index (χ1v) is 6.30. The van der Waals surface area contributed by atoms with E-state index in [1.54, 1.807) is 0 Å². The maximum Gasteiger partial charge on any atom is 0.207 e. The molecule has 0 aromatic heterocycles. The van der Waals surface area contributed by atoms with Crippen molar-refractivity contribution in [3.05, 3.63) is 47.0 Å². The summed E-state index contributed by atoms with van der Waals surface area (Å²) in [6.45, 7) is 0.667. The van der Waals surface area contributed by atoms with E-state index >= 15 is 0 Å². The number of benzene rings is 1. The Morgan fingerprint density at radius 3 is 2.41 bits per heavy atom. The third-order valence-electron chi connectivity index (χ3n) is 3.43. The Hall–Kier alpha value is -1.86. The smallest absolute Gasteiger partial charge is 0.207 e. The fourth-order valence-corrected chi connectivity index (χ4v) is 2.16. The molecule has 2 unspecified atom stereocenters. The number of ether oxygens (including phenoxy) is 1. The summed E-state index contributed by atoms with van der Waals surface area (Å²) < 4.78 is 87.1. The Kier molecular flexibility index (Phi) is 4.31. The molecule has 2 atom stereocenters. The van der Waals surface area contributed by atoms with E-state index in [1.165, 1.54) is 0 Å². The highest BCUT2D eigenvalue weighted by molar-refractivity contribution is 6.62. The molecule has 22 heavy (non-hydrogen) atoms. The van der Waals surface area contributed by atoms with Gasteiger partial charge in [-0.15, -0.1) is 0 Å². The normalized spacial score (nSPS) is 25.1. The van der Waals surface area contributed by atoms with Crippen molar-refractivity contribution in [3.8, 4) is 5.75 Å². The summed E-state index contributed by atoms with van der Waals surface area (Å²) in [5.74, 6) is -5.66. The van der Waals surface area contributed by atoms with E-state index in [1.807, 2.05) is 0 Å². The number of alkyl halides is 2. The molecule has 0 fully saturated rings. The largest absolute Gasteiger partial charge is 0.494 e. The average Bonchev–Trinajstić information content (AvgIpc) is 2.44. The van der Waals surface area contributed by atoms with E-state index in [-0.39, 0.29) is 11.8 Å². The molecule has 8 heteroatoms. The fraction of sp³-hybridized carbons (Fsp3) is 0.286. The first-order valence-electron chi connectivity index (χ1n) is 6.30. The molecule has 0 amide bonds. The summed E-state index contributed by atoms with van der Waals surface area (Å²) >= 11 is 0. The van der Waals surface area contributed by atoms with E-state index in [0.29, 0.717) is 6.92 Å². The highest BCUT2D eigenvalue weighted by Gasteiger charge is 2.43. The quantitative estimate of drug-likeness (QED) is 0.614. The second-order valence-electron chi connectivity index (χ2n) is 5.05. The van der Waals surface area contributed by atoms with Gasteiger partial charge in [0.25, 0.3) is 0 Å². The van der Waals surface area contributed by atoms with Gasteiger partial charge in [0.2, 0.25) is 7.28 Å². The minimum absolute atomic E-state index is 0.256. The highest BCUT2D eigenvalue weighted by atomic mass is 19.2. The second-order valence-corrected chi connectivity index (χ2v) is 5.05. The van der Waals surface area contributed by atoms with E-state index in [9.17, 15) is 26.3 Å². The molecule has 0 radical (unpaired) electrons. The molecular weight excluding hydrogens is 309 g/mol. The summed E-state index contributed by atoms with van der Waals surface area (Å²) in [6, 6.07) is 1.86. The van der Waals surface area contributed by atoms with Crippen molar-refractivity contribution in [3.63, 3.8) is 0 Å². The number of methoxy groups -OCH3 is 1. The van der Waals surface area contributed by atoms with Gasteiger partial charge in [-0.2, -0.15) is 0 Å². The standard InChI is InChI=1S/C14H11BF6O/c1-14(21)5-7(17)10(12(19)13(14)20)15-9-6(16)3-4-8(22-2)11(9)18/h3-5,13,15H,1-2H3. The van der Waals surface area contributed by atoms with Crippen LogP contribution in [-0.4, -0.2) is 26.2 Å². The molecule has 1 nitrogen and oxygen atoms in total. The zero-order chi connectivity index (χ0) is 16.7. The van der Waals surface area contributed by atoms with Crippen LogP contribution < -0.4 is 10.2 Å². The molecule has 0 spiro atoms. The second kappa shape index (κ2) is 5.74. The van der Waals surface area contributed by atoms with Crippen molar-refractivity contribution in [1.29, 1.82) is 0 Å². The van der Waals surface area contributed by atoms with Crippen LogP contribution in [0.15, 0.2) is 35.3 Å². The number of rotatable bonds is 3. The summed E-state index contributed by atoms with van der Waals surface area (Å²) in [7, 11) is 0.229. The maximum atomic E-state index is 14.0. The van der Waals surface area contributed by atoms with Gasteiger partial charge in [-0.05, 0) is 36.1 Å². The molecule has 0 heterocycles. The molecule has 0 saturated heterocycles. The monoisotopic (exact) mass is 320 g/mol. The van der Waals surface area contributed by atoms with Gasteiger partial charge in [0.1, 0.15) is 17.5 Å². The van der Waals surface area contributed by atoms with E-state index < -0.39 is 53.3 Å². The Labute approximate surface area is 123 Å². The van der Waals surface area contributed by atoms with Gasteiger partial charge >= 0.3 is 0 Å². The molecule has 0 aliphatic heterocycles. The van der Waals surface area contributed by atoms with Gasteiger partial charge in [-0.1, -0.05) is 0 Å². The molecule has 1 aromatic rings. The van der Waals surface area contributed by atoms with Crippen molar-refractivity contribution >= 4 is 12.7 Å². The lowest BCUT2D eigenvalue weighted by Gasteiger charge is -2.26. The van der Waals surface area contributed by atoms with Gasteiger partial charge in [-0.3, -0.25) is 0 Å². The van der Waals surface area contributed by atoms with Crippen molar-refractivity contribution in [2.24, 2.45) is 0 Å². The molecule has 0 bridgehead atoms. The first kappa shape index (κ1) is 16.5. The molecule has 1 aliphatic carbocycles. The Morgan fingerprint density at radius 1 is 1.18 bits per heavy atom. The van der Waals surface area contributed by atoms with E-state index in [4.69, 9.17) is 0 Å². The van der Waals surface area contributed by atoms with E-state index in [2.05, 4.69) is 4.74 Å². The summed E-state index contributed by atoms with van der Waals surface area (Å²) in [5, 5.41) is 0.